The van der Waals surface area contributed by atoms with Crippen LogP contribution in [-0.2, 0) is 14.8 Å². The normalized spacial score (nSPS) is 25.2. The quantitative estimate of drug-likeness (QED) is 0.902. The minimum atomic E-state index is -3.44. The average Bonchev–Trinajstić information content (AvgIpc) is 3.21. The largest absolute Gasteiger partial charge is 0.274 e. The van der Waals surface area contributed by atoms with Gasteiger partial charge in [-0.3, -0.25) is 9.52 Å². The van der Waals surface area contributed by atoms with Crippen molar-refractivity contribution >= 4 is 15.9 Å². The molecule has 0 radical (unpaired) electrons. The molecule has 1 amide bonds. The van der Waals surface area contributed by atoms with Crippen molar-refractivity contribution in [2.75, 3.05) is 5.75 Å². The van der Waals surface area contributed by atoms with Crippen molar-refractivity contribution in [3.05, 3.63) is 35.4 Å². The maximum Gasteiger partial charge on any atom is 0.237 e. The van der Waals surface area contributed by atoms with Crippen LogP contribution in [0.5, 0.6) is 0 Å². The Hall–Kier alpha value is -1.36. The second-order valence-corrected chi connectivity index (χ2v) is 7.76. The third-order valence-electron chi connectivity index (χ3n) is 4.12. The Balaban J connectivity index is 1.61. The van der Waals surface area contributed by atoms with E-state index in [2.05, 4.69) is 4.72 Å². The first-order valence-corrected chi connectivity index (χ1v) is 8.71. The Labute approximate surface area is 119 Å². The predicted molar refractivity (Wildman–Crippen MR) is 76.7 cm³/mol. The van der Waals surface area contributed by atoms with E-state index in [0.717, 1.165) is 30.4 Å². The van der Waals surface area contributed by atoms with Crippen LogP contribution < -0.4 is 4.72 Å². The number of rotatable bonds is 5. The van der Waals surface area contributed by atoms with E-state index in [0.29, 0.717) is 0 Å². The molecule has 0 aromatic heterocycles. The first-order valence-electron chi connectivity index (χ1n) is 7.06. The van der Waals surface area contributed by atoms with E-state index in [-0.39, 0.29) is 29.4 Å². The summed E-state index contributed by atoms with van der Waals surface area (Å²) in [5.74, 6) is 0.00324. The lowest BCUT2D eigenvalue weighted by Gasteiger charge is -2.07. The van der Waals surface area contributed by atoms with Crippen molar-refractivity contribution in [2.45, 2.75) is 32.1 Å². The minimum Gasteiger partial charge on any atom is -0.274 e. The summed E-state index contributed by atoms with van der Waals surface area (Å²) in [4.78, 5) is 12.0. The smallest absolute Gasteiger partial charge is 0.237 e. The van der Waals surface area contributed by atoms with Crippen molar-refractivity contribution in [2.24, 2.45) is 11.8 Å². The van der Waals surface area contributed by atoms with Gasteiger partial charge < -0.3 is 0 Å². The minimum absolute atomic E-state index is 0.0977. The Morgan fingerprint density at radius 2 is 2.00 bits per heavy atom. The molecule has 1 aromatic carbocycles. The number of carbonyl (C=O) groups is 1. The number of hydrogen-bond donors (Lipinski definition) is 1. The molecular formula is C15H19NO3S. The molecular weight excluding hydrogens is 274 g/mol. The van der Waals surface area contributed by atoms with Gasteiger partial charge in [0.05, 0.1) is 5.75 Å². The van der Waals surface area contributed by atoms with Gasteiger partial charge in [-0.15, -0.1) is 0 Å². The molecule has 0 heterocycles. The third kappa shape index (κ3) is 3.03. The highest BCUT2D eigenvalue weighted by molar-refractivity contribution is 7.90. The van der Waals surface area contributed by atoms with Crippen LogP contribution in [0.4, 0.5) is 0 Å². The predicted octanol–water partition coefficient (Wildman–Crippen LogP) is 1.95. The number of hydrogen-bond acceptors (Lipinski definition) is 3. The van der Waals surface area contributed by atoms with Gasteiger partial charge in [0.25, 0.3) is 0 Å². The van der Waals surface area contributed by atoms with Gasteiger partial charge in [-0.1, -0.05) is 24.3 Å². The Kier molecular flexibility index (Phi) is 3.32. The van der Waals surface area contributed by atoms with Crippen molar-refractivity contribution in [3.8, 4) is 0 Å². The van der Waals surface area contributed by atoms with Crippen molar-refractivity contribution in [1.82, 2.24) is 4.72 Å². The second kappa shape index (κ2) is 4.88. The summed E-state index contributed by atoms with van der Waals surface area (Å²) in [6.07, 6.45) is 2.67. The molecule has 4 nitrogen and oxygen atoms in total. The van der Waals surface area contributed by atoms with Crippen LogP contribution in [0.25, 0.3) is 0 Å². The highest BCUT2D eigenvalue weighted by atomic mass is 32.2. The summed E-state index contributed by atoms with van der Waals surface area (Å²) >= 11 is 0. The molecule has 2 atom stereocenters. The van der Waals surface area contributed by atoms with E-state index in [4.69, 9.17) is 0 Å². The molecule has 0 spiro atoms. The van der Waals surface area contributed by atoms with Crippen molar-refractivity contribution < 1.29 is 13.2 Å². The molecule has 5 heteroatoms. The van der Waals surface area contributed by atoms with Gasteiger partial charge in [0.2, 0.25) is 15.9 Å². The van der Waals surface area contributed by atoms with E-state index >= 15 is 0 Å². The molecule has 2 fully saturated rings. The summed E-state index contributed by atoms with van der Waals surface area (Å²) < 4.78 is 25.8. The topological polar surface area (TPSA) is 63.2 Å². The van der Waals surface area contributed by atoms with Crippen LogP contribution >= 0.6 is 0 Å². The van der Waals surface area contributed by atoms with E-state index < -0.39 is 10.0 Å². The zero-order valence-electron chi connectivity index (χ0n) is 11.5. The van der Waals surface area contributed by atoms with E-state index in [1.165, 1.54) is 0 Å². The lowest BCUT2D eigenvalue weighted by molar-refractivity contribution is -0.120. The molecule has 0 unspecified atom stereocenters. The fourth-order valence-electron chi connectivity index (χ4n) is 2.70. The first kappa shape index (κ1) is 13.6. The van der Waals surface area contributed by atoms with Gasteiger partial charge in [0.15, 0.2) is 0 Å². The highest BCUT2D eigenvalue weighted by Gasteiger charge is 2.45. The SMILES string of the molecule is Cc1ccccc1[C@@H]1C[C@@H]1C(=O)NS(=O)(=O)CC1CC1. The molecule has 2 saturated carbocycles. The molecule has 0 saturated heterocycles. The summed E-state index contributed by atoms with van der Waals surface area (Å²) in [6, 6.07) is 7.97. The molecule has 0 bridgehead atoms. The van der Waals surface area contributed by atoms with Crippen LogP contribution in [0.3, 0.4) is 0 Å². The molecule has 0 aliphatic heterocycles. The fraction of sp³-hybridized carbons (Fsp3) is 0.533. The maximum absolute atomic E-state index is 12.0. The van der Waals surface area contributed by atoms with Crippen LogP contribution in [0.2, 0.25) is 0 Å². The van der Waals surface area contributed by atoms with Crippen LogP contribution in [0.1, 0.15) is 36.3 Å². The van der Waals surface area contributed by atoms with Gasteiger partial charge in [0.1, 0.15) is 0 Å². The summed E-state index contributed by atoms with van der Waals surface area (Å²) in [5, 5.41) is 0. The second-order valence-electron chi connectivity index (χ2n) is 6.00. The monoisotopic (exact) mass is 293 g/mol. The van der Waals surface area contributed by atoms with E-state index in [1.54, 1.807) is 0 Å². The van der Waals surface area contributed by atoms with Crippen LogP contribution in [0, 0.1) is 18.8 Å². The molecule has 2 aliphatic rings. The average molecular weight is 293 g/mol. The van der Waals surface area contributed by atoms with Crippen molar-refractivity contribution in [1.29, 1.82) is 0 Å². The highest BCUT2D eigenvalue weighted by Crippen LogP contribution is 2.48. The Morgan fingerprint density at radius 3 is 2.65 bits per heavy atom. The lowest BCUT2D eigenvalue weighted by atomic mass is 10.0. The molecule has 1 aromatic rings. The van der Waals surface area contributed by atoms with E-state index in [9.17, 15) is 13.2 Å². The standard InChI is InChI=1S/C15H19NO3S/c1-10-4-2-3-5-12(10)13-8-14(13)15(17)16-20(18,19)9-11-6-7-11/h2-5,11,13-14H,6-9H2,1H3,(H,16,17)/t13-,14-/m0/s1. The van der Waals surface area contributed by atoms with E-state index in [1.807, 2.05) is 31.2 Å². The number of nitrogens with one attached hydrogen (secondary N) is 1. The van der Waals surface area contributed by atoms with Gasteiger partial charge in [-0.25, -0.2) is 8.42 Å². The number of sulfonamides is 1. The van der Waals surface area contributed by atoms with Crippen LogP contribution in [-0.4, -0.2) is 20.1 Å². The molecule has 20 heavy (non-hydrogen) atoms. The number of amides is 1. The zero-order chi connectivity index (χ0) is 14.3. The fourth-order valence-corrected chi connectivity index (χ4v) is 4.19. The van der Waals surface area contributed by atoms with Crippen molar-refractivity contribution in [3.63, 3.8) is 0 Å². The molecule has 2 aliphatic carbocycles. The van der Waals surface area contributed by atoms with Gasteiger partial charge in [-0.05, 0) is 49.1 Å². The Morgan fingerprint density at radius 1 is 1.30 bits per heavy atom. The first-order chi connectivity index (χ1) is 9.46. The molecule has 108 valence electrons. The maximum atomic E-state index is 12.0. The molecule has 1 N–H and O–H groups in total. The van der Waals surface area contributed by atoms with Crippen LogP contribution in [0.15, 0.2) is 24.3 Å². The Bertz CT molecular complexity index is 634. The van der Waals surface area contributed by atoms with Gasteiger partial charge >= 0.3 is 0 Å². The molecule has 3 rings (SSSR count). The summed E-state index contributed by atoms with van der Waals surface area (Å²) in [6.45, 7) is 2.02. The lowest BCUT2D eigenvalue weighted by Crippen LogP contribution is -2.34. The zero-order valence-corrected chi connectivity index (χ0v) is 12.3. The van der Waals surface area contributed by atoms with Gasteiger partial charge in [-0.2, -0.15) is 0 Å². The summed E-state index contributed by atoms with van der Waals surface area (Å²) in [5.41, 5.74) is 2.32. The number of aryl methyl sites for hydroxylation is 1. The summed E-state index contributed by atoms with van der Waals surface area (Å²) in [7, 11) is -3.44. The van der Waals surface area contributed by atoms with Gasteiger partial charge in [0, 0.05) is 5.92 Å². The number of carbonyl (C=O) groups excluding carboxylic acids is 1. The third-order valence-corrected chi connectivity index (χ3v) is 5.55. The number of benzene rings is 1.